The summed E-state index contributed by atoms with van der Waals surface area (Å²) in [5.41, 5.74) is 2.28. The molecule has 4 aromatic rings. The normalized spacial score (nSPS) is 11.0. The van der Waals surface area contributed by atoms with Gasteiger partial charge in [-0.25, -0.2) is 9.37 Å². The third-order valence-electron chi connectivity index (χ3n) is 4.09. The highest BCUT2D eigenvalue weighted by atomic mass is 19.1. The molecule has 4 rings (SSSR count). The third-order valence-corrected chi connectivity index (χ3v) is 4.09. The SMILES string of the molecule is O=C(C[n+]1cccc2ccc3cccnc3c21)c1ccc(F)cc1. The average Bonchev–Trinajstić information content (AvgIpc) is 2.62. The van der Waals surface area contributed by atoms with Crippen molar-refractivity contribution in [2.45, 2.75) is 6.54 Å². The molecule has 4 heteroatoms. The molecule has 0 saturated heterocycles. The first kappa shape index (κ1) is 14.5. The monoisotopic (exact) mass is 317 g/mol. The molecule has 0 unspecified atom stereocenters. The van der Waals surface area contributed by atoms with E-state index in [1.54, 1.807) is 6.20 Å². The van der Waals surface area contributed by atoms with Crippen LogP contribution >= 0.6 is 0 Å². The molecule has 0 aliphatic rings. The van der Waals surface area contributed by atoms with E-state index in [0.29, 0.717) is 5.56 Å². The van der Waals surface area contributed by atoms with Gasteiger partial charge in [-0.2, -0.15) is 4.57 Å². The molecule has 0 bridgehead atoms. The second-order valence-corrected chi connectivity index (χ2v) is 5.64. The smallest absolute Gasteiger partial charge is 0.239 e. The number of halogens is 1. The molecule has 2 aromatic carbocycles. The van der Waals surface area contributed by atoms with Crippen molar-refractivity contribution in [1.82, 2.24) is 4.98 Å². The van der Waals surface area contributed by atoms with Crippen molar-refractivity contribution in [3.63, 3.8) is 0 Å². The number of Topliss-reactive ketones (excluding diaryl/α,β-unsaturated/α-hetero) is 1. The maximum Gasteiger partial charge on any atom is 0.239 e. The summed E-state index contributed by atoms with van der Waals surface area (Å²) < 4.78 is 14.9. The molecule has 116 valence electrons. The Kier molecular flexibility index (Phi) is 3.50. The standard InChI is InChI=1S/C20H14FN2O/c21-17-9-7-14(8-10-17)18(24)13-23-12-2-4-16-6-5-15-3-1-11-22-19(15)20(16)23/h1-12H,13H2/q+1. The Morgan fingerprint density at radius 1 is 0.958 bits per heavy atom. The molecule has 0 N–H and O–H groups in total. The van der Waals surface area contributed by atoms with Gasteiger partial charge in [-0.05, 0) is 42.5 Å². The molecule has 0 radical (unpaired) electrons. The van der Waals surface area contributed by atoms with Gasteiger partial charge < -0.3 is 0 Å². The maximum atomic E-state index is 13.0. The Hall–Kier alpha value is -3.14. The summed E-state index contributed by atoms with van der Waals surface area (Å²) in [5.74, 6) is -0.417. The minimum atomic E-state index is -0.348. The summed E-state index contributed by atoms with van der Waals surface area (Å²) in [6.07, 6.45) is 3.62. The van der Waals surface area contributed by atoms with Crippen LogP contribution in [-0.4, -0.2) is 10.8 Å². The molecule has 0 saturated carbocycles. The Morgan fingerprint density at radius 3 is 2.54 bits per heavy atom. The third kappa shape index (κ3) is 2.52. The van der Waals surface area contributed by atoms with Gasteiger partial charge in [0, 0.05) is 28.6 Å². The number of fused-ring (bicyclic) bond motifs is 3. The lowest BCUT2D eigenvalue weighted by Gasteiger charge is -2.04. The van der Waals surface area contributed by atoms with Gasteiger partial charge in [-0.3, -0.25) is 4.79 Å². The Balaban J connectivity index is 1.83. The van der Waals surface area contributed by atoms with Crippen LogP contribution in [0.15, 0.2) is 73.1 Å². The Morgan fingerprint density at radius 2 is 1.71 bits per heavy atom. The summed E-state index contributed by atoms with van der Waals surface area (Å²) in [7, 11) is 0. The first-order valence-corrected chi connectivity index (χ1v) is 7.67. The Bertz CT molecular complexity index is 1060. The van der Waals surface area contributed by atoms with E-state index in [1.165, 1.54) is 24.3 Å². The zero-order valence-electron chi connectivity index (χ0n) is 12.8. The summed E-state index contributed by atoms with van der Waals surface area (Å²) in [6.45, 7) is 0.179. The van der Waals surface area contributed by atoms with Gasteiger partial charge >= 0.3 is 0 Å². The number of hydrogen-bond acceptors (Lipinski definition) is 2. The molecule has 0 aliphatic carbocycles. The highest BCUT2D eigenvalue weighted by Crippen LogP contribution is 2.20. The number of carbonyl (C=O) groups is 1. The zero-order valence-corrected chi connectivity index (χ0v) is 12.8. The fraction of sp³-hybridized carbons (Fsp3) is 0.0500. The molecule has 0 aliphatic heterocycles. The van der Waals surface area contributed by atoms with Crippen LogP contribution in [0.5, 0.6) is 0 Å². The lowest BCUT2D eigenvalue weighted by atomic mass is 10.1. The molecule has 0 amide bonds. The van der Waals surface area contributed by atoms with Gasteiger partial charge in [0.05, 0.1) is 0 Å². The summed E-state index contributed by atoms with van der Waals surface area (Å²) >= 11 is 0. The average molecular weight is 317 g/mol. The number of carbonyl (C=O) groups excluding carboxylic acids is 1. The molecule has 2 aromatic heterocycles. The van der Waals surface area contributed by atoms with Crippen LogP contribution in [0.2, 0.25) is 0 Å². The predicted octanol–water partition coefficient (Wildman–Crippen LogP) is 3.70. The van der Waals surface area contributed by atoms with E-state index in [4.69, 9.17) is 0 Å². The number of aromatic nitrogens is 2. The predicted molar refractivity (Wildman–Crippen MR) is 90.2 cm³/mol. The van der Waals surface area contributed by atoms with Crippen molar-refractivity contribution in [2.24, 2.45) is 0 Å². The van der Waals surface area contributed by atoms with Gasteiger partial charge in [-0.15, -0.1) is 0 Å². The van der Waals surface area contributed by atoms with Crippen molar-refractivity contribution in [3.8, 4) is 0 Å². The van der Waals surface area contributed by atoms with E-state index in [1.807, 2.05) is 47.2 Å². The summed E-state index contributed by atoms with van der Waals surface area (Å²) in [5, 5.41) is 2.05. The molecule has 0 fully saturated rings. The van der Waals surface area contributed by atoms with E-state index in [-0.39, 0.29) is 18.1 Å². The van der Waals surface area contributed by atoms with Crippen LogP contribution in [0.1, 0.15) is 10.4 Å². The summed E-state index contributed by atoms with van der Waals surface area (Å²) in [4.78, 5) is 17.0. The Labute approximate surface area is 138 Å². The van der Waals surface area contributed by atoms with Crippen molar-refractivity contribution in [2.75, 3.05) is 0 Å². The van der Waals surface area contributed by atoms with Gasteiger partial charge in [0.15, 0.2) is 6.20 Å². The van der Waals surface area contributed by atoms with Gasteiger partial charge in [0.1, 0.15) is 11.3 Å². The van der Waals surface area contributed by atoms with Gasteiger partial charge in [0.25, 0.3) is 0 Å². The van der Waals surface area contributed by atoms with Crippen LogP contribution in [0, 0.1) is 5.82 Å². The van der Waals surface area contributed by atoms with Gasteiger partial charge in [0.2, 0.25) is 17.8 Å². The highest BCUT2D eigenvalue weighted by molar-refractivity contribution is 6.01. The number of pyridine rings is 2. The number of nitrogens with zero attached hydrogens (tertiary/aromatic N) is 2. The van der Waals surface area contributed by atoms with E-state index in [2.05, 4.69) is 4.98 Å². The fourth-order valence-electron chi connectivity index (χ4n) is 2.92. The van der Waals surface area contributed by atoms with Crippen molar-refractivity contribution < 1.29 is 13.8 Å². The lowest BCUT2D eigenvalue weighted by Crippen LogP contribution is -2.38. The number of hydrogen-bond donors (Lipinski definition) is 0. The quantitative estimate of drug-likeness (QED) is 0.328. The van der Waals surface area contributed by atoms with E-state index in [0.717, 1.165) is 21.8 Å². The second-order valence-electron chi connectivity index (χ2n) is 5.64. The van der Waals surface area contributed by atoms with Crippen LogP contribution < -0.4 is 4.57 Å². The minimum Gasteiger partial charge on any atom is -0.287 e. The number of benzene rings is 2. The minimum absolute atomic E-state index is 0.0690. The molecule has 2 heterocycles. The van der Waals surface area contributed by atoms with E-state index >= 15 is 0 Å². The molecular weight excluding hydrogens is 303 g/mol. The largest absolute Gasteiger partial charge is 0.287 e. The topological polar surface area (TPSA) is 33.8 Å². The van der Waals surface area contributed by atoms with Crippen molar-refractivity contribution in [1.29, 1.82) is 0 Å². The van der Waals surface area contributed by atoms with Crippen LogP contribution in [-0.2, 0) is 6.54 Å². The highest BCUT2D eigenvalue weighted by Gasteiger charge is 2.18. The lowest BCUT2D eigenvalue weighted by molar-refractivity contribution is -0.656. The van der Waals surface area contributed by atoms with E-state index in [9.17, 15) is 9.18 Å². The first-order valence-electron chi connectivity index (χ1n) is 7.67. The van der Waals surface area contributed by atoms with Crippen LogP contribution in [0.4, 0.5) is 4.39 Å². The van der Waals surface area contributed by atoms with Crippen LogP contribution in [0.25, 0.3) is 21.8 Å². The molecule has 24 heavy (non-hydrogen) atoms. The van der Waals surface area contributed by atoms with Gasteiger partial charge in [-0.1, -0.05) is 12.1 Å². The maximum absolute atomic E-state index is 13.0. The van der Waals surface area contributed by atoms with Crippen molar-refractivity contribution in [3.05, 3.63) is 84.4 Å². The molecule has 3 nitrogen and oxygen atoms in total. The fourth-order valence-corrected chi connectivity index (χ4v) is 2.92. The molecule has 0 spiro atoms. The van der Waals surface area contributed by atoms with Crippen LogP contribution in [0.3, 0.4) is 0 Å². The second kappa shape index (κ2) is 5.81. The number of rotatable bonds is 3. The molecular formula is C20H14FN2O+. The first-order chi connectivity index (χ1) is 11.7. The molecule has 0 atom stereocenters. The number of ketones is 1. The summed E-state index contributed by atoms with van der Waals surface area (Å²) in [6, 6.07) is 17.5. The van der Waals surface area contributed by atoms with Crippen molar-refractivity contribution >= 4 is 27.6 Å². The van der Waals surface area contributed by atoms with E-state index < -0.39 is 0 Å². The zero-order chi connectivity index (χ0) is 16.5.